The highest BCUT2D eigenvalue weighted by Crippen LogP contribution is 2.27. The van der Waals surface area contributed by atoms with Crippen molar-refractivity contribution in [3.63, 3.8) is 0 Å². The molecule has 1 aromatic rings. The third kappa shape index (κ3) is 3.24. The van der Waals surface area contributed by atoms with Gasteiger partial charge in [-0.1, -0.05) is 15.9 Å². The Kier molecular flexibility index (Phi) is 4.32. The molecule has 0 aromatic heterocycles. The van der Waals surface area contributed by atoms with E-state index in [9.17, 15) is 4.79 Å². The van der Waals surface area contributed by atoms with Crippen LogP contribution in [-0.2, 0) is 4.79 Å². The van der Waals surface area contributed by atoms with Crippen molar-refractivity contribution in [2.75, 3.05) is 24.3 Å². The summed E-state index contributed by atoms with van der Waals surface area (Å²) in [7, 11) is 3.78. The highest BCUT2D eigenvalue weighted by molar-refractivity contribution is 9.10. The lowest BCUT2D eigenvalue weighted by Crippen LogP contribution is -2.16. The fraction of sp³-hybridized carbons (Fsp3) is 0.273. The van der Waals surface area contributed by atoms with E-state index in [4.69, 9.17) is 5.26 Å². The van der Waals surface area contributed by atoms with Crippen LogP contribution in [-0.4, -0.2) is 20.0 Å². The molecule has 1 amide bonds. The number of hydrogen-bond donors (Lipinski definition) is 1. The van der Waals surface area contributed by atoms with Crippen LogP contribution in [0.15, 0.2) is 22.7 Å². The zero-order chi connectivity index (χ0) is 12.1. The monoisotopic (exact) mass is 281 g/mol. The van der Waals surface area contributed by atoms with Gasteiger partial charge in [-0.15, -0.1) is 0 Å². The molecule has 0 aliphatic carbocycles. The third-order valence-electron chi connectivity index (χ3n) is 1.95. The number of amides is 1. The average molecular weight is 282 g/mol. The Morgan fingerprint density at radius 1 is 1.56 bits per heavy atom. The fourth-order valence-corrected chi connectivity index (χ4v) is 1.63. The first-order chi connectivity index (χ1) is 7.54. The molecule has 4 nitrogen and oxygen atoms in total. The molecule has 0 radical (unpaired) electrons. The number of hydrogen-bond acceptors (Lipinski definition) is 3. The molecular weight excluding hydrogens is 270 g/mol. The maximum absolute atomic E-state index is 11.3. The molecule has 0 atom stereocenters. The molecule has 0 saturated heterocycles. The van der Waals surface area contributed by atoms with Gasteiger partial charge >= 0.3 is 0 Å². The molecule has 1 rings (SSSR count). The van der Waals surface area contributed by atoms with E-state index in [1.807, 2.05) is 43.3 Å². The molecule has 0 aliphatic heterocycles. The van der Waals surface area contributed by atoms with Crippen molar-refractivity contribution in [3.05, 3.63) is 22.7 Å². The zero-order valence-corrected chi connectivity index (χ0v) is 10.7. The smallest absolute Gasteiger partial charge is 0.238 e. The summed E-state index contributed by atoms with van der Waals surface area (Å²) in [6, 6.07) is 7.42. The molecule has 0 spiro atoms. The summed E-state index contributed by atoms with van der Waals surface area (Å²) in [6.45, 7) is 0. The van der Waals surface area contributed by atoms with E-state index in [1.165, 1.54) is 0 Å². The maximum atomic E-state index is 11.3. The molecule has 16 heavy (non-hydrogen) atoms. The van der Waals surface area contributed by atoms with Crippen LogP contribution in [0.3, 0.4) is 0 Å². The van der Waals surface area contributed by atoms with Gasteiger partial charge in [0, 0.05) is 18.6 Å². The molecule has 5 heteroatoms. The van der Waals surface area contributed by atoms with Crippen molar-refractivity contribution in [2.24, 2.45) is 0 Å². The van der Waals surface area contributed by atoms with Crippen molar-refractivity contribution in [2.45, 2.75) is 6.42 Å². The first-order valence-corrected chi connectivity index (χ1v) is 5.47. The lowest BCUT2D eigenvalue weighted by atomic mass is 10.2. The number of anilines is 2. The van der Waals surface area contributed by atoms with Gasteiger partial charge in [-0.25, -0.2) is 0 Å². The third-order valence-corrected chi connectivity index (χ3v) is 2.45. The second-order valence-corrected chi connectivity index (χ2v) is 4.35. The second-order valence-electron chi connectivity index (χ2n) is 3.44. The topological polar surface area (TPSA) is 56.1 Å². The van der Waals surface area contributed by atoms with Crippen molar-refractivity contribution < 1.29 is 4.79 Å². The number of carbonyl (C=O) groups excluding carboxylic acids is 1. The van der Waals surface area contributed by atoms with Crippen LogP contribution in [0.25, 0.3) is 0 Å². The van der Waals surface area contributed by atoms with Crippen LogP contribution in [0.4, 0.5) is 11.4 Å². The van der Waals surface area contributed by atoms with Gasteiger partial charge < -0.3 is 10.2 Å². The van der Waals surface area contributed by atoms with Crippen LogP contribution in [0.2, 0.25) is 0 Å². The summed E-state index contributed by atoms with van der Waals surface area (Å²) in [4.78, 5) is 13.2. The van der Waals surface area contributed by atoms with E-state index in [1.54, 1.807) is 0 Å². The van der Waals surface area contributed by atoms with E-state index in [2.05, 4.69) is 21.2 Å². The number of nitrogens with one attached hydrogen (secondary N) is 1. The molecule has 84 valence electrons. The van der Waals surface area contributed by atoms with Crippen molar-refractivity contribution in [3.8, 4) is 6.07 Å². The predicted octanol–water partition coefficient (Wildman–Crippen LogP) is 2.37. The Bertz CT molecular complexity index is 437. The number of rotatable bonds is 3. The number of benzene rings is 1. The molecular formula is C11H12BrN3O. The molecule has 0 saturated carbocycles. The largest absolute Gasteiger partial charge is 0.376 e. The molecule has 1 aromatic carbocycles. The van der Waals surface area contributed by atoms with Gasteiger partial charge in [-0.2, -0.15) is 5.26 Å². The van der Waals surface area contributed by atoms with Gasteiger partial charge in [-0.3, -0.25) is 4.79 Å². The van der Waals surface area contributed by atoms with Crippen molar-refractivity contribution in [1.82, 2.24) is 0 Å². The average Bonchev–Trinajstić information content (AvgIpc) is 2.17. The van der Waals surface area contributed by atoms with Gasteiger partial charge in [0.1, 0.15) is 6.42 Å². The van der Waals surface area contributed by atoms with E-state index < -0.39 is 0 Å². The normalized spacial score (nSPS) is 9.38. The summed E-state index contributed by atoms with van der Waals surface area (Å²) in [5.74, 6) is -0.302. The molecule has 0 bridgehead atoms. The summed E-state index contributed by atoms with van der Waals surface area (Å²) in [5.41, 5.74) is 1.59. The fourth-order valence-electron chi connectivity index (χ4n) is 1.26. The number of nitrogens with zero attached hydrogens (tertiary/aromatic N) is 2. The summed E-state index contributed by atoms with van der Waals surface area (Å²) < 4.78 is 0.880. The zero-order valence-electron chi connectivity index (χ0n) is 9.12. The number of carbonyl (C=O) groups is 1. The van der Waals surface area contributed by atoms with Crippen molar-refractivity contribution in [1.29, 1.82) is 5.26 Å². The number of halogens is 1. The minimum atomic E-state index is -0.302. The summed E-state index contributed by atoms with van der Waals surface area (Å²) >= 11 is 3.34. The SMILES string of the molecule is CN(C)c1ccc(Br)cc1NC(=O)CC#N. The lowest BCUT2D eigenvalue weighted by molar-refractivity contribution is -0.115. The second kappa shape index (κ2) is 5.52. The van der Waals surface area contributed by atoms with Gasteiger partial charge in [0.2, 0.25) is 5.91 Å². The summed E-state index contributed by atoms with van der Waals surface area (Å²) in [5, 5.41) is 11.1. The first kappa shape index (κ1) is 12.5. The van der Waals surface area contributed by atoms with E-state index in [0.717, 1.165) is 10.2 Å². The molecule has 0 aliphatic rings. The molecule has 1 N–H and O–H groups in total. The minimum Gasteiger partial charge on any atom is -0.376 e. The quantitative estimate of drug-likeness (QED) is 0.926. The van der Waals surface area contributed by atoms with Crippen LogP contribution < -0.4 is 10.2 Å². The Morgan fingerprint density at radius 2 is 2.25 bits per heavy atom. The Morgan fingerprint density at radius 3 is 2.81 bits per heavy atom. The van der Waals surface area contributed by atoms with Crippen LogP contribution in [0.1, 0.15) is 6.42 Å². The Labute approximate surface area is 103 Å². The van der Waals surface area contributed by atoms with Gasteiger partial charge in [-0.05, 0) is 18.2 Å². The predicted molar refractivity (Wildman–Crippen MR) is 67.3 cm³/mol. The van der Waals surface area contributed by atoms with Crippen LogP contribution in [0, 0.1) is 11.3 Å². The standard InChI is InChI=1S/C11H12BrN3O/c1-15(2)10-4-3-8(12)7-9(10)14-11(16)5-6-13/h3-4,7H,5H2,1-2H3,(H,14,16). The highest BCUT2D eigenvalue weighted by atomic mass is 79.9. The lowest BCUT2D eigenvalue weighted by Gasteiger charge is -2.17. The van der Waals surface area contributed by atoms with Gasteiger partial charge in [0.05, 0.1) is 17.4 Å². The first-order valence-electron chi connectivity index (χ1n) is 4.68. The summed E-state index contributed by atoms with van der Waals surface area (Å²) in [6.07, 6.45) is -0.140. The highest BCUT2D eigenvalue weighted by Gasteiger charge is 2.08. The van der Waals surface area contributed by atoms with Crippen LogP contribution >= 0.6 is 15.9 Å². The maximum Gasteiger partial charge on any atom is 0.238 e. The van der Waals surface area contributed by atoms with E-state index in [-0.39, 0.29) is 12.3 Å². The van der Waals surface area contributed by atoms with Crippen molar-refractivity contribution >= 4 is 33.2 Å². The molecule has 0 heterocycles. The Hall–Kier alpha value is -1.54. The van der Waals surface area contributed by atoms with Gasteiger partial charge in [0.15, 0.2) is 0 Å². The molecule has 0 fully saturated rings. The number of nitriles is 1. The van der Waals surface area contributed by atoms with E-state index >= 15 is 0 Å². The van der Waals surface area contributed by atoms with E-state index in [0.29, 0.717) is 5.69 Å². The van der Waals surface area contributed by atoms with Gasteiger partial charge in [0.25, 0.3) is 0 Å². The minimum absolute atomic E-state index is 0.140. The van der Waals surface area contributed by atoms with Crippen LogP contribution in [0.5, 0.6) is 0 Å². The molecule has 0 unspecified atom stereocenters. The Balaban J connectivity index is 2.97.